The Balaban J connectivity index is 1.40. The van der Waals surface area contributed by atoms with Gasteiger partial charge in [-0.15, -0.1) is 0 Å². The van der Waals surface area contributed by atoms with Crippen molar-refractivity contribution in [3.05, 3.63) is 47.5 Å². The Bertz CT molecular complexity index is 993. The molecule has 2 aliphatic rings. The number of hydrogen-bond donors (Lipinski definition) is 0. The van der Waals surface area contributed by atoms with Crippen LogP contribution < -0.4 is 19.1 Å². The molecule has 1 saturated heterocycles. The fraction of sp³-hybridized carbons (Fsp3) is 0.391. The molecule has 0 atom stereocenters. The first-order valence-corrected chi connectivity index (χ1v) is 10.3. The van der Waals surface area contributed by atoms with Crippen LogP contribution in [0.15, 0.2) is 36.4 Å². The third-order valence-corrected chi connectivity index (χ3v) is 5.88. The van der Waals surface area contributed by atoms with Crippen LogP contribution in [0.5, 0.6) is 17.2 Å². The first-order chi connectivity index (χ1) is 15.0. The summed E-state index contributed by atoms with van der Waals surface area (Å²) in [6.45, 7) is 2.29. The van der Waals surface area contributed by atoms with Gasteiger partial charge in [-0.1, -0.05) is 6.07 Å². The Morgan fingerprint density at radius 2 is 1.71 bits per heavy atom. The molecule has 164 valence electrons. The monoisotopic (exact) mass is 425 g/mol. The number of amides is 3. The molecular weight excluding hydrogens is 398 g/mol. The highest BCUT2D eigenvalue weighted by Crippen LogP contribution is 2.33. The standard InChI is InChI=1S/C23H27N3O5/c1-29-19-6-4-17-14-24(9-8-16(17)12-19)22(27)15-25-10-11-26(23(25)28)18-5-7-20(30-2)21(13-18)31-3/h4-7,12-13H,8-11,14-15H2,1-3H3. The zero-order chi connectivity index (χ0) is 22.0. The molecule has 1 fully saturated rings. The average Bonchev–Trinajstić information content (AvgIpc) is 3.17. The van der Waals surface area contributed by atoms with Crippen molar-refractivity contribution in [2.24, 2.45) is 0 Å². The van der Waals surface area contributed by atoms with Crippen molar-refractivity contribution < 1.29 is 23.8 Å². The Morgan fingerprint density at radius 3 is 2.45 bits per heavy atom. The van der Waals surface area contributed by atoms with Crippen molar-refractivity contribution in [3.8, 4) is 17.2 Å². The van der Waals surface area contributed by atoms with Crippen LogP contribution in [0.1, 0.15) is 11.1 Å². The van der Waals surface area contributed by atoms with Crippen molar-refractivity contribution in [3.63, 3.8) is 0 Å². The van der Waals surface area contributed by atoms with Crippen LogP contribution in [0.4, 0.5) is 10.5 Å². The van der Waals surface area contributed by atoms with Crippen molar-refractivity contribution in [1.82, 2.24) is 9.80 Å². The number of ether oxygens (including phenoxy) is 3. The smallest absolute Gasteiger partial charge is 0.325 e. The molecule has 8 nitrogen and oxygen atoms in total. The Hall–Kier alpha value is -3.42. The number of benzene rings is 2. The predicted octanol–water partition coefficient (Wildman–Crippen LogP) is 2.54. The number of anilines is 1. The molecule has 2 aliphatic heterocycles. The van der Waals surface area contributed by atoms with Gasteiger partial charge in [-0.3, -0.25) is 9.69 Å². The van der Waals surface area contributed by atoms with Gasteiger partial charge >= 0.3 is 6.03 Å². The lowest BCUT2D eigenvalue weighted by molar-refractivity contribution is -0.132. The summed E-state index contributed by atoms with van der Waals surface area (Å²) >= 11 is 0. The van der Waals surface area contributed by atoms with E-state index in [9.17, 15) is 9.59 Å². The van der Waals surface area contributed by atoms with E-state index in [1.54, 1.807) is 43.3 Å². The van der Waals surface area contributed by atoms with Crippen LogP contribution >= 0.6 is 0 Å². The molecule has 0 saturated carbocycles. The number of methoxy groups -OCH3 is 3. The summed E-state index contributed by atoms with van der Waals surface area (Å²) in [6.07, 6.45) is 0.782. The zero-order valence-corrected chi connectivity index (χ0v) is 18.1. The predicted molar refractivity (Wildman–Crippen MR) is 116 cm³/mol. The van der Waals surface area contributed by atoms with Gasteiger partial charge in [0.05, 0.1) is 21.3 Å². The number of carbonyl (C=O) groups is 2. The van der Waals surface area contributed by atoms with E-state index in [0.717, 1.165) is 23.4 Å². The van der Waals surface area contributed by atoms with Crippen LogP contribution in [0.25, 0.3) is 0 Å². The molecule has 2 aromatic carbocycles. The van der Waals surface area contributed by atoms with Gasteiger partial charge in [-0.05, 0) is 41.8 Å². The molecule has 4 rings (SSSR count). The first kappa shape index (κ1) is 20.8. The maximum absolute atomic E-state index is 12.9. The van der Waals surface area contributed by atoms with Crippen LogP contribution in [0.2, 0.25) is 0 Å². The Kier molecular flexibility index (Phi) is 5.88. The quantitative estimate of drug-likeness (QED) is 0.711. The molecule has 0 bridgehead atoms. The summed E-state index contributed by atoms with van der Waals surface area (Å²) in [4.78, 5) is 30.9. The second-order valence-electron chi connectivity index (χ2n) is 7.59. The number of carbonyl (C=O) groups excluding carboxylic acids is 2. The van der Waals surface area contributed by atoms with Gasteiger partial charge in [0, 0.05) is 37.9 Å². The van der Waals surface area contributed by atoms with E-state index in [4.69, 9.17) is 14.2 Å². The SMILES string of the molecule is COc1ccc2c(c1)CCN(C(=O)CN1CCN(c3ccc(OC)c(OC)c3)C1=O)C2. The maximum Gasteiger partial charge on any atom is 0.325 e. The highest BCUT2D eigenvalue weighted by atomic mass is 16.5. The number of hydrogen-bond acceptors (Lipinski definition) is 5. The number of urea groups is 1. The normalized spacial score (nSPS) is 15.7. The lowest BCUT2D eigenvalue weighted by atomic mass is 9.99. The number of fused-ring (bicyclic) bond motifs is 1. The summed E-state index contributed by atoms with van der Waals surface area (Å²) in [5, 5.41) is 0. The minimum absolute atomic E-state index is 0.0380. The number of rotatable bonds is 6. The van der Waals surface area contributed by atoms with Gasteiger partial charge in [-0.25, -0.2) is 4.79 Å². The molecule has 8 heteroatoms. The fourth-order valence-corrected chi connectivity index (χ4v) is 4.09. The van der Waals surface area contributed by atoms with E-state index < -0.39 is 0 Å². The maximum atomic E-state index is 12.9. The summed E-state index contributed by atoms with van der Waals surface area (Å²) in [5.41, 5.74) is 3.05. The summed E-state index contributed by atoms with van der Waals surface area (Å²) in [5.74, 6) is 1.96. The Morgan fingerprint density at radius 1 is 0.903 bits per heavy atom. The summed E-state index contributed by atoms with van der Waals surface area (Å²) in [6, 6.07) is 11.1. The van der Waals surface area contributed by atoms with Gasteiger partial charge in [-0.2, -0.15) is 0 Å². The Labute approximate surface area is 181 Å². The molecular formula is C23H27N3O5. The van der Waals surface area contributed by atoms with Gasteiger partial charge in [0.1, 0.15) is 12.3 Å². The summed E-state index contributed by atoms with van der Waals surface area (Å²) < 4.78 is 15.9. The second kappa shape index (κ2) is 8.75. The first-order valence-electron chi connectivity index (χ1n) is 10.3. The van der Waals surface area contributed by atoms with Crippen molar-refractivity contribution in [2.75, 3.05) is 52.4 Å². The van der Waals surface area contributed by atoms with Crippen molar-refractivity contribution >= 4 is 17.6 Å². The van der Waals surface area contributed by atoms with E-state index in [-0.39, 0.29) is 18.5 Å². The van der Waals surface area contributed by atoms with Gasteiger partial charge in [0.2, 0.25) is 5.91 Å². The third kappa shape index (κ3) is 4.10. The van der Waals surface area contributed by atoms with E-state index in [1.807, 2.05) is 29.2 Å². The van der Waals surface area contributed by atoms with E-state index in [1.165, 1.54) is 5.56 Å². The van der Waals surface area contributed by atoms with Gasteiger partial charge in [0.15, 0.2) is 11.5 Å². The van der Waals surface area contributed by atoms with E-state index in [2.05, 4.69) is 0 Å². The largest absolute Gasteiger partial charge is 0.497 e. The molecule has 2 aromatic rings. The van der Waals surface area contributed by atoms with Crippen LogP contribution in [-0.4, -0.2) is 69.2 Å². The molecule has 0 aromatic heterocycles. The number of nitrogens with zero attached hydrogens (tertiary/aromatic N) is 3. The fourth-order valence-electron chi connectivity index (χ4n) is 4.09. The van der Waals surface area contributed by atoms with Crippen molar-refractivity contribution in [1.29, 1.82) is 0 Å². The minimum Gasteiger partial charge on any atom is -0.497 e. The average molecular weight is 425 g/mol. The van der Waals surface area contributed by atoms with Crippen molar-refractivity contribution in [2.45, 2.75) is 13.0 Å². The van der Waals surface area contributed by atoms with E-state index in [0.29, 0.717) is 37.7 Å². The molecule has 0 radical (unpaired) electrons. The van der Waals surface area contributed by atoms with Crippen LogP contribution in [0.3, 0.4) is 0 Å². The molecule has 3 amide bonds. The topological polar surface area (TPSA) is 71.6 Å². The highest BCUT2D eigenvalue weighted by molar-refractivity contribution is 5.96. The lowest BCUT2D eigenvalue weighted by Gasteiger charge is -2.30. The highest BCUT2D eigenvalue weighted by Gasteiger charge is 2.33. The molecule has 2 heterocycles. The molecule has 0 spiro atoms. The summed E-state index contributed by atoms with van der Waals surface area (Å²) in [7, 11) is 4.78. The minimum atomic E-state index is -0.178. The van der Waals surface area contributed by atoms with E-state index >= 15 is 0 Å². The third-order valence-electron chi connectivity index (χ3n) is 5.88. The lowest BCUT2D eigenvalue weighted by Crippen LogP contribution is -2.44. The second-order valence-corrected chi connectivity index (χ2v) is 7.59. The van der Waals surface area contributed by atoms with Gasteiger partial charge < -0.3 is 24.0 Å². The van der Waals surface area contributed by atoms with Crippen LogP contribution in [0, 0.1) is 0 Å². The molecule has 31 heavy (non-hydrogen) atoms. The van der Waals surface area contributed by atoms with Gasteiger partial charge in [0.25, 0.3) is 0 Å². The molecule has 0 N–H and O–H groups in total. The molecule has 0 aliphatic carbocycles. The van der Waals surface area contributed by atoms with Crippen LogP contribution in [-0.2, 0) is 17.8 Å². The molecule has 0 unspecified atom stereocenters. The zero-order valence-electron chi connectivity index (χ0n) is 18.1.